The van der Waals surface area contributed by atoms with E-state index in [9.17, 15) is 10.2 Å². The summed E-state index contributed by atoms with van der Waals surface area (Å²) in [5.41, 5.74) is 4.79. The van der Waals surface area contributed by atoms with Crippen molar-refractivity contribution in [3.05, 3.63) is 46.5 Å². The van der Waals surface area contributed by atoms with Gasteiger partial charge in [0, 0.05) is 9.79 Å². The van der Waals surface area contributed by atoms with Crippen molar-refractivity contribution in [2.45, 2.75) is 344 Å². The highest BCUT2D eigenvalue weighted by Gasteiger charge is 2.26. The van der Waals surface area contributed by atoms with E-state index in [-0.39, 0.29) is 0 Å². The second-order valence-corrected chi connectivity index (χ2v) is 25.0. The highest BCUT2D eigenvalue weighted by atomic mass is 33.1. The van der Waals surface area contributed by atoms with Crippen LogP contribution in [-0.4, -0.2) is 10.2 Å². The van der Waals surface area contributed by atoms with E-state index in [4.69, 9.17) is 0 Å². The van der Waals surface area contributed by atoms with Gasteiger partial charge in [0.25, 0.3) is 0 Å². The molecule has 4 heteroatoms. The standard InChI is InChI=1S/C64H110O2S2/c1-5-7-9-11-13-15-17-19-21-23-25-27-29-31-33-37-43-53(3)59-49-57(51-61(63(59)65)55-45-39-35-40-46-55)67-68-58-50-60(64(66)62(52-58)56-47-41-36-42-48-56)54(4)44-38-34-32-30-28-26-24-22-20-18-16-14-12-10-8-6-2/h49-56,65-66H,5-48H2,1-4H3. The first kappa shape index (κ1) is 59.3. The Kier molecular flexibility index (Phi) is 33.5. The summed E-state index contributed by atoms with van der Waals surface area (Å²) >= 11 is 0. The normalized spacial score (nSPS) is 15.9. The maximum absolute atomic E-state index is 11.9. The molecule has 0 aliphatic heterocycles. The molecule has 2 fully saturated rings. The molecule has 2 N–H and O–H groups in total. The van der Waals surface area contributed by atoms with Gasteiger partial charge >= 0.3 is 0 Å². The number of hydrogen-bond acceptors (Lipinski definition) is 4. The summed E-state index contributed by atoms with van der Waals surface area (Å²) in [6.45, 7) is 9.35. The molecule has 68 heavy (non-hydrogen) atoms. The van der Waals surface area contributed by atoms with Gasteiger partial charge in [-0.05, 0) is 109 Å². The smallest absolute Gasteiger partial charge is 0.122 e. The van der Waals surface area contributed by atoms with Gasteiger partial charge in [-0.15, -0.1) is 0 Å². The molecule has 0 aromatic heterocycles. The fraction of sp³-hybridized carbons (Fsp3) is 0.812. The Balaban J connectivity index is 1.25. The van der Waals surface area contributed by atoms with Crippen LogP contribution in [0.1, 0.15) is 356 Å². The summed E-state index contributed by atoms with van der Waals surface area (Å²) in [5, 5.41) is 23.9. The van der Waals surface area contributed by atoms with Gasteiger partial charge < -0.3 is 10.2 Å². The van der Waals surface area contributed by atoms with Crippen LogP contribution in [0.3, 0.4) is 0 Å². The van der Waals surface area contributed by atoms with Gasteiger partial charge in [-0.25, -0.2) is 0 Å². The molecule has 4 rings (SSSR count). The maximum Gasteiger partial charge on any atom is 0.122 e. The van der Waals surface area contributed by atoms with Gasteiger partial charge in [0.1, 0.15) is 11.5 Å². The molecular formula is C64H110O2S2. The van der Waals surface area contributed by atoms with Crippen LogP contribution in [0.2, 0.25) is 0 Å². The molecule has 390 valence electrons. The summed E-state index contributed by atoms with van der Waals surface area (Å²) in [7, 11) is 3.78. The summed E-state index contributed by atoms with van der Waals surface area (Å²) in [6.07, 6.45) is 59.7. The van der Waals surface area contributed by atoms with Crippen LogP contribution in [0, 0.1) is 0 Å². The molecule has 2 aliphatic rings. The van der Waals surface area contributed by atoms with Gasteiger partial charge in [-0.1, -0.05) is 293 Å². The van der Waals surface area contributed by atoms with E-state index >= 15 is 0 Å². The molecule has 0 saturated heterocycles. The van der Waals surface area contributed by atoms with E-state index in [2.05, 4.69) is 52.0 Å². The van der Waals surface area contributed by atoms with E-state index in [0.717, 1.165) is 12.8 Å². The van der Waals surface area contributed by atoms with Crippen LogP contribution in [0.4, 0.5) is 0 Å². The Morgan fingerprint density at radius 3 is 0.882 bits per heavy atom. The molecule has 2 nitrogen and oxygen atoms in total. The molecule has 2 unspecified atom stereocenters. The molecule has 2 aromatic carbocycles. The predicted molar refractivity (Wildman–Crippen MR) is 305 cm³/mol. The van der Waals surface area contributed by atoms with Gasteiger partial charge in [-0.3, -0.25) is 0 Å². The van der Waals surface area contributed by atoms with Crippen molar-refractivity contribution < 1.29 is 10.2 Å². The van der Waals surface area contributed by atoms with Crippen LogP contribution in [-0.2, 0) is 0 Å². The van der Waals surface area contributed by atoms with Gasteiger partial charge in [-0.2, -0.15) is 0 Å². The zero-order valence-corrected chi connectivity index (χ0v) is 47.1. The van der Waals surface area contributed by atoms with Crippen LogP contribution in [0.25, 0.3) is 0 Å². The quantitative estimate of drug-likeness (QED) is 0.0515. The number of benzene rings is 2. The average molecular weight is 976 g/mol. The van der Waals surface area contributed by atoms with E-state index in [1.807, 2.05) is 21.6 Å². The molecule has 0 bridgehead atoms. The monoisotopic (exact) mass is 975 g/mol. The highest BCUT2D eigenvalue weighted by molar-refractivity contribution is 8.76. The number of unbranched alkanes of at least 4 members (excludes halogenated alkanes) is 30. The predicted octanol–water partition coefficient (Wildman–Crippen LogP) is 23.5. The third-order valence-electron chi connectivity index (χ3n) is 16.7. The number of aromatic hydroxyl groups is 2. The lowest BCUT2D eigenvalue weighted by atomic mass is 9.81. The van der Waals surface area contributed by atoms with E-state index in [0.29, 0.717) is 35.2 Å². The second kappa shape index (κ2) is 38.4. The zero-order chi connectivity index (χ0) is 48.3. The Bertz CT molecular complexity index is 1410. The van der Waals surface area contributed by atoms with Gasteiger partial charge in [0.15, 0.2) is 0 Å². The molecule has 0 spiro atoms. The molecule has 0 amide bonds. The van der Waals surface area contributed by atoms with Crippen molar-refractivity contribution in [1.29, 1.82) is 0 Å². The molecule has 2 aliphatic carbocycles. The lowest BCUT2D eigenvalue weighted by Gasteiger charge is -2.26. The van der Waals surface area contributed by atoms with Gasteiger partial charge in [0.05, 0.1) is 0 Å². The third-order valence-corrected chi connectivity index (χ3v) is 19.0. The number of phenols is 2. The van der Waals surface area contributed by atoms with E-state index in [1.54, 1.807) is 0 Å². The van der Waals surface area contributed by atoms with Gasteiger partial charge in [0.2, 0.25) is 0 Å². The number of hydrogen-bond donors (Lipinski definition) is 2. The number of rotatable bonds is 41. The Labute approximate surface area is 431 Å². The molecule has 0 heterocycles. The summed E-state index contributed by atoms with van der Waals surface area (Å²) < 4.78 is 0. The first-order valence-corrected chi connectivity index (χ1v) is 32.7. The lowest BCUT2D eigenvalue weighted by molar-refractivity contribution is 0.406. The topological polar surface area (TPSA) is 40.5 Å². The van der Waals surface area contributed by atoms with Crippen molar-refractivity contribution in [3.63, 3.8) is 0 Å². The summed E-state index contributed by atoms with van der Waals surface area (Å²) in [4.78, 5) is 2.58. The molecular weight excluding hydrogens is 865 g/mol. The van der Waals surface area contributed by atoms with Crippen molar-refractivity contribution in [3.8, 4) is 11.5 Å². The first-order valence-electron chi connectivity index (χ1n) is 30.5. The minimum Gasteiger partial charge on any atom is -0.507 e. The first-order chi connectivity index (χ1) is 33.4. The van der Waals surface area contributed by atoms with Crippen molar-refractivity contribution >= 4 is 21.6 Å². The molecule has 0 radical (unpaired) electrons. The molecule has 2 saturated carbocycles. The van der Waals surface area contributed by atoms with E-state index < -0.39 is 0 Å². The largest absolute Gasteiger partial charge is 0.507 e. The minimum atomic E-state index is 0.359. The van der Waals surface area contributed by atoms with Crippen LogP contribution < -0.4 is 0 Å². The third kappa shape index (κ3) is 24.4. The zero-order valence-electron chi connectivity index (χ0n) is 45.4. The Hall–Kier alpha value is -1.26. The van der Waals surface area contributed by atoms with Crippen molar-refractivity contribution in [2.24, 2.45) is 0 Å². The fourth-order valence-corrected chi connectivity index (χ4v) is 14.1. The van der Waals surface area contributed by atoms with Crippen LogP contribution in [0.15, 0.2) is 34.1 Å². The highest BCUT2D eigenvalue weighted by Crippen LogP contribution is 2.49. The average Bonchev–Trinajstić information content (AvgIpc) is 3.36. The second-order valence-electron chi connectivity index (χ2n) is 22.7. The number of phenolic OH excluding ortho intramolecular Hbond substituents is 2. The Morgan fingerprint density at radius 1 is 0.368 bits per heavy atom. The van der Waals surface area contributed by atoms with Crippen LogP contribution >= 0.6 is 21.6 Å². The maximum atomic E-state index is 11.9. The van der Waals surface area contributed by atoms with Crippen LogP contribution in [0.5, 0.6) is 11.5 Å². The fourth-order valence-electron chi connectivity index (χ4n) is 12.0. The molecule has 2 aromatic rings. The minimum absolute atomic E-state index is 0.359. The van der Waals surface area contributed by atoms with E-state index in [1.165, 1.54) is 302 Å². The van der Waals surface area contributed by atoms with Crippen molar-refractivity contribution in [1.82, 2.24) is 0 Å². The SMILES string of the molecule is CCCCCCCCCCCCCCCCCCC(C)c1cc(SSc2cc(C(C)CCCCCCCCCCCCCCCCCC)c(O)c(C3CCCCC3)c2)cc(C2CCCCC2)c1O. The summed E-state index contributed by atoms with van der Waals surface area (Å²) in [6, 6.07) is 9.41. The lowest BCUT2D eigenvalue weighted by Crippen LogP contribution is -2.07. The summed E-state index contributed by atoms with van der Waals surface area (Å²) in [5.74, 6) is 2.87. The Morgan fingerprint density at radius 2 is 0.618 bits per heavy atom. The molecule has 2 atom stereocenters. The van der Waals surface area contributed by atoms with Crippen molar-refractivity contribution in [2.75, 3.05) is 0 Å².